The van der Waals surface area contributed by atoms with Gasteiger partial charge in [0.15, 0.2) is 0 Å². The lowest BCUT2D eigenvalue weighted by atomic mass is 10.2. The molecule has 0 aliphatic heterocycles. The van der Waals surface area contributed by atoms with Crippen molar-refractivity contribution in [3.8, 4) is 0 Å². The van der Waals surface area contributed by atoms with Crippen molar-refractivity contribution >= 4 is 0 Å². The second-order valence-corrected chi connectivity index (χ2v) is 4.37. The SMILES string of the molecule is CCN(CCN(C)C)Cc1c(F)cccc1F. The summed E-state index contributed by atoms with van der Waals surface area (Å²) in [6.07, 6.45) is 0. The summed E-state index contributed by atoms with van der Waals surface area (Å²) in [5.74, 6) is -0.929. The van der Waals surface area contributed by atoms with E-state index in [1.165, 1.54) is 18.2 Å². The van der Waals surface area contributed by atoms with Gasteiger partial charge >= 0.3 is 0 Å². The van der Waals surface area contributed by atoms with Gasteiger partial charge in [-0.05, 0) is 32.8 Å². The Morgan fingerprint density at radius 3 is 2.12 bits per heavy atom. The van der Waals surface area contributed by atoms with Gasteiger partial charge in [-0.3, -0.25) is 4.90 Å². The summed E-state index contributed by atoms with van der Waals surface area (Å²) in [7, 11) is 3.97. The minimum Gasteiger partial charge on any atom is -0.308 e. The molecule has 0 heterocycles. The summed E-state index contributed by atoms with van der Waals surface area (Å²) in [6.45, 7) is 4.78. The van der Waals surface area contributed by atoms with E-state index in [-0.39, 0.29) is 5.56 Å². The van der Waals surface area contributed by atoms with Crippen LogP contribution in [0.25, 0.3) is 0 Å². The first-order valence-electron chi connectivity index (χ1n) is 5.84. The average Bonchev–Trinajstić information content (AvgIpc) is 2.27. The molecular weight excluding hydrogens is 222 g/mol. The summed E-state index contributed by atoms with van der Waals surface area (Å²) in [6, 6.07) is 4.00. The zero-order valence-corrected chi connectivity index (χ0v) is 10.7. The molecule has 96 valence electrons. The minimum atomic E-state index is -0.465. The molecule has 0 aromatic heterocycles. The van der Waals surface area contributed by atoms with Gasteiger partial charge in [0.2, 0.25) is 0 Å². The summed E-state index contributed by atoms with van der Waals surface area (Å²) in [5, 5.41) is 0. The third-order valence-corrected chi connectivity index (χ3v) is 2.75. The number of likely N-dealkylation sites (N-methyl/N-ethyl adjacent to an activating group) is 2. The van der Waals surface area contributed by atoms with Crippen molar-refractivity contribution in [2.24, 2.45) is 0 Å². The fraction of sp³-hybridized carbons (Fsp3) is 0.538. The first kappa shape index (κ1) is 14.1. The van der Waals surface area contributed by atoms with Crippen molar-refractivity contribution in [3.05, 3.63) is 35.4 Å². The van der Waals surface area contributed by atoms with Crippen LogP contribution in [0.5, 0.6) is 0 Å². The largest absolute Gasteiger partial charge is 0.308 e. The third kappa shape index (κ3) is 4.40. The topological polar surface area (TPSA) is 6.48 Å². The summed E-state index contributed by atoms with van der Waals surface area (Å²) >= 11 is 0. The Labute approximate surface area is 102 Å². The van der Waals surface area contributed by atoms with Crippen molar-refractivity contribution in [2.45, 2.75) is 13.5 Å². The van der Waals surface area contributed by atoms with Crippen LogP contribution in [0.1, 0.15) is 12.5 Å². The van der Waals surface area contributed by atoms with E-state index in [0.717, 1.165) is 19.6 Å². The van der Waals surface area contributed by atoms with Crippen molar-refractivity contribution < 1.29 is 8.78 Å². The van der Waals surface area contributed by atoms with Gasteiger partial charge in [-0.25, -0.2) is 8.78 Å². The van der Waals surface area contributed by atoms with Crippen molar-refractivity contribution in [2.75, 3.05) is 33.7 Å². The Morgan fingerprint density at radius 1 is 1.06 bits per heavy atom. The van der Waals surface area contributed by atoms with Gasteiger partial charge in [-0.15, -0.1) is 0 Å². The van der Waals surface area contributed by atoms with Crippen molar-refractivity contribution in [1.29, 1.82) is 0 Å². The molecule has 1 aromatic carbocycles. The maximum absolute atomic E-state index is 13.5. The average molecular weight is 242 g/mol. The van der Waals surface area contributed by atoms with Crippen molar-refractivity contribution in [3.63, 3.8) is 0 Å². The summed E-state index contributed by atoms with van der Waals surface area (Å²) < 4.78 is 26.9. The highest BCUT2D eigenvalue weighted by Gasteiger charge is 2.12. The van der Waals surface area contributed by atoms with Gasteiger partial charge in [0.05, 0.1) is 0 Å². The van der Waals surface area contributed by atoms with Gasteiger partial charge in [-0.2, -0.15) is 0 Å². The maximum Gasteiger partial charge on any atom is 0.130 e. The van der Waals surface area contributed by atoms with E-state index < -0.39 is 11.6 Å². The van der Waals surface area contributed by atoms with Crippen LogP contribution in [0.3, 0.4) is 0 Å². The zero-order valence-electron chi connectivity index (χ0n) is 10.7. The lowest BCUT2D eigenvalue weighted by Crippen LogP contribution is -2.31. The van der Waals surface area contributed by atoms with E-state index in [2.05, 4.69) is 4.90 Å². The van der Waals surface area contributed by atoms with E-state index in [1.807, 2.05) is 25.9 Å². The van der Waals surface area contributed by atoms with Gasteiger partial charge in [0.1, 0.15) is 11.6 Å². The van der Waals surface area contributed by atoms with Crippen LogP contribution >= 0.6 is 0 Å². The lowest BCUT2D eigenvalue weighted by molar-refractivity contribution is 0.238. The molecule has 0 N–H and O–H groups in total. The Bertz CT molecular complexity index is 333. The first-order chi connectivity index (χ1) is 8.04. The number of benzene rings is 1. The monoisotopic (exact) mass is 242 g/mol. The molecule has 0 fully saturated rings. The first-order valence-corrected chi connectivity index (χ1v) is 5.84. The minimum absolute atomic E-state index is 0.160. The third-order valence-electron chi connectivity index (χ3n) is 2.75. The number of halogens is 2. The molecule has 0 bridgehead atoms. The smallest absolute Gasteiger partial charge is 0.130 e. The zero-order chi connectivity index (χ0) is 12.8. The lowest BCUT2D eigenvalue weighted by Gasteiger charge is -2.22. The Balaban J connectivity index is 2.67. The molecule has 0 saturated heterocycles. The van der Waals surface area contributed by atoms with Gasteiger partial charge in [-0.1, -0.05) is 13.0 Å². The molecule has 0 aliphatic rings. The number of rotatable bonds is 6. The van der Waals surface area contributed by atoms with Gasteiger partial charge < -0.3 is 4.90 Å². The van der Waals surface area contributed by atoms with Crippen LogP contribution in [-0.4, -0.2) is 43.5 Å². The van der Waals surface area contributed by atoms with Crippen LogP contribution in [0, 0.1) is 11.6 Å². The van der Waals surface area contributed by atoms with Gasteiger partial charge in [0.25, 0.3) is 0 Å². The molecular formula is C13H20F2N2. The van der Waals surface area contributed by atoms with Crippen LogP contribution < -0.4 is 0 Å². The van der Waals surface area contributed by atoms with Crippen molar-refractivity contribution in [1.82, 2.24) is 9.80 Å². The van der Waals surface area contributed by atoms with E-state index >= 15 is 0 Å². The molecule has 0 aliphatic carbocycles. The van der Waals surface area contributed by atoms with Crippen LogP contribution in [0.4, 0.5) is 8.78 Å². The predicted molar refractivity (Wildman–Crippen MR) is 65.9 cm³/mol. The predicted octanol–water partition coefficient (Wildman–Crippen LogP) is 2.35. The highest BCUT2D eigenvalue weighted by molar-refractivity contribution is 5.19. The molecule has 17 heavy (non-hydrogen) atoms. The summed E-state index contributed by atoms with van der Waals surface area (Å²) in [5.41, 5.74) is 0.160. The number of hydrogen-bond donors (Lipinski definition) is 0. The highest BCUT2D eigenvalue weighted by Crippen LogP contribution is 2.14. The second kappa shape index (κ2) is 6.67. The fourth-order valence-electron chi connectivity index (χ4n) is 1.60. The molecule has 0 radical (unpaired) electrons. The molecule has 1 aromatic rings. The molecule has 0 spiro atoms. The second-order valence-electron chi connectivity index (χ2n) is 4.37. The quantitative estimate of drug-likeness (QED) is 0.755. The van der Waals surface area contributed by atoms with Crippen LogP contribution in [-0.2, 0) is 6.54 Å². The van der Waals surface area contributed by atoms with Crippen LogP contribution in [0.2, 0.25) is 0 Å². The van der Waals surface area contributed by atoms with E-state index in [1.54, 1.807) is 0 Å². The molecule has 0 unspecified atom stereocenters. The molecule has 0 atom stereocenters. The standard InChI is InChI=1S/C13H20F2N2/c1-4-17(9-8-16(2)3)10-11-12(14)6-5-7-13(11)15/h5-7H,4,8-10H2,1-3H3. The highest BCUT2D eigenvalue weighted by atomic mass is 19.1. The molecule has 1 rings (SSSR count). The normalized spacial score (nSPS) is 11.5. The summed E-state index contributed by atoms with van der Waals surface area (Å²) in [4.78, 5) is 4.09. The van der Waals surface area contributed by atoms with Crippen LogP contribution in [0.15, 0.2) is 18.2 Å². The van der Waals surface area contributed by atoms with E-state index in [4.69, 9.17) is 0 Å². The maximum atomic E-state index is 13.5. The van der Waals surface area contributed by atoms with E-state index in [9.17, 15) is 8.78 Å². The molecule has 0 saturated carbocycles. The number of hydrogen-bond acceptors (Lipinski definition) is 2. The Hall–Kier alpha value is -1.00. The Kier molecular flexibility index (Phi) is 5.51. The molecule has 4 heteroatoms. The van der Waals surface area contributed by atoms with E-state index in [0.29, 0.717) is 6.54 Å². The van der Waals surface area contributed by atoms with Gasteiger partial charge in [0, 0.05) is 25.2 Å². The fourth-order valence-corrected chi connectivity index (χ4v) is 1.60. The molecule has 0 amide bonds. The Morgan fingerprint density at radius 2 is 1.65 bits per heavy atom. The number of nitrogens with zero attached hydrogens (tertiary/aromatic N) is 2. The molecule has 2 nitrogen and oxygen atoms in total.